The van der Waals surface area contributed by atoms with E-state index in [0.717, 1.165) is 4.70 Å². The van der Waals surface area contributed by atoms with Crippen LogP contribution in [0.1, 0.15) is 11.7 Å². The average Bonchev–Trinajstić information content (AvgIpc) is 3.34. The molecule has 1 aliphatic heterocycles. The topological polar surface area (TPSA) is 202 Å². The van der Waals surface area contributed by atoms with Crippen LogP contribution >= 0.6 is 11.3 Å². The molecule has 1 aromatic heterocycles. The Morgan fingerprint density at radius 1 is 1.06 bits per heavy atom. The van der Waals surface area contributed by atoms with Crippen molar-refractivity contribution in [2.75, 3.05) is 18.1 Å². The summed E-state index contributed by atoms with van der Waals surface area (Å²) in [6.07, 6.45) is -0.876. The van der Waals surface area contributed by atoms with E-state index in [-0.39, 0.29) is 5.56 Å². The van der Waals surface area contributed by atoms with Gasteiger partial charge in [0.25, 0.3) is 0 Å². The number of sulfonamides is 1. The van der Waals surface area contributed by atoms with Gasteiger partial charge < -0.3 is 10.8 Å². The number of nitrogen functional groups attached to an aromatic ring is 1. The van der Waals surface area contributed by atoms with E-state index < -0.39 is 48.2 Å². The number of primary sulfonamides is 1. The molecule has 9 N–H and O–H groups in total. The van der Waals surface area contributed by atoms with E-state index in [1.807, 2.05) is 6.07 Å². The summed E-state index contributed by atoms with van der Waals surface area (Å²) >= 11 is 1.27. The number of hydrogen-bond acceptors (Lipinski definition) is 12. The van der Waals surface area contributed by atoms with Gasteiger partial charge in [0.05, 0.1) is 27.5 Å². The number of nitrogens with zero attached hydrogens (tertiary/aromatic N) is 1. The zero-order valence-corrected chi connectivity index (χ0v) is 18.2. The van der Waals surface area contributed by atoms with Crippen molar-refractivity contribution in [3.8, 4) is 11.1 Å². The lowest BCUT2D eigenvalue weighted by Gasteiger charge is -2.21. The zero-order chi connectivity index (χ0) is 22.4. The van der Waals surface area contributed by atoms with Crippen LogP contribution in [0.15, 0.2) is 40.1 Å². The second-order valence-electron chi connectivity index (χ2n) is 6.62. The molecule has 1 fully saturated rings. The molecule has 1 aliphatic rings. The number of aliphatic hydroxyl groups excluding tert-OH is 1. The van der Waals surface area contributed by atoms with E-state index in [1.165, 1.54) is 23.5 Å². The number of fused-ring (bicyclic) bond motifs is 1. The Hall–Kier alpha value is -2.21. The Labute approximate surface area is 181 Å². The van der Waals surface area contributed by atoms with Crippen LogP contribution < -0.4 is 32.8 Å². The van der Waals surface area contributed by atoms with Gasteiger partial charge in [0.15, 0.2) is 15.0 Å². The van der Waals surface area contributed by atoms with Crippen LogP contribution in [0.4, 0.5) is 5.13 Å². The van der Waals surface area contributed by atoms with Crippen molar-refractivity contribution in [3.63, 3.8) is 0 Å². The number of benzene rings is 2. The Balaban J connectivity index is 2.12. The van der Waals surface area contributed by atoms with Crippen LogP contribution in [0.5, 0.6) is 0 Å². The summed E-state index contributed by atoms with van der Waals surface area (Å²) < 4.78 is 51.6. The van der Waals surface area contributed by atoms with Crippen LogP contribution in [0.3, 0.4) is 0 Å². The van der Waals surface area contributed by atoms with Gasteiger partial charge in [-0.05, 0) is 17.7 Å². The van der Waals surface area contributed by atoms with Gasteiger partial charge in [0, 0.05) is 11.1 Å². The molecule has 0 aliphatic carbocycles. The van der Waals surface area contributed by atoms with Gasteiger partial charge in [-0.1, -0.05) is 29.5 Å². The largest absolute Gasteiger partial charge is 0.395 e. The van der Waals surface area contributed by atoms with E-state index in [2.05, 4.69) is 26.9 Å². The lowest BCUT2D eigenvalue weighted by atomic mass is 9.97. The summed E-state index contributed by atoms with van der Waals surface area (Å²) in [5, 5.41) is 15.0. The van der Waals surface area contributed by atoms with Gasteiger partial charge in [-0.2, -0.15) is 11.1 Å². The Bertz CT molecular complexity index is 1370. The third kappa shape index (κ3) is 4.02. The van der Waals surface area contributed by atoms with Gasteiger partial charge in [-0.25, -0.2) is 37.8 Å². The number of thiazole rings is 1. The van der Waals surface area contributed by atoms with Crippen molar-refractivity contribution < 1.29 is 21.9 Å². The number of hydrogen-bond donors (Lipinski definition) is 7. The van der Waals surface area contributed by atoms with Crippen LogP contribution in [-0.2, 0) is 19.9 Å². The van der Waals surface area contributed by atoms with Crippen molar-refractivity contribution >= 4 is 46.5 Å². The van der Waals surface area contributed by atoms with Gasteiger partial charge in [0.2, 0.25) is 10.0 Å². The molecule has 0 amide bonds. The molecule has 0 saturated carbocycles. The predicted molar refractivity (Wildman–Crippen MR) is 115 cm³/mol. The highest BCUT2D eigenvalue weighted by molar-refractivity contribution is 7.93. The molecule has 0 spiro atoms. The summed E-state index contributed by atoms with van der Waals surface area (Å²) in [5.41, 5.74) is 18.1. The van der Waals surface area contributed by atoms with Crippen LogP contribution in [0.2, 0.25) is 0 Å². The number of hydrazine groups is 3. The molecular weight excluding hydrogens is 466 g/mol. The number of sulfone groups is 1. The van der Waals surface area contributed by atoms with Crippen molar-refractivity contribution in [2.24, 2.45) is 5.14 Å². The lowest BCUT2D eigenvalue weighted by Crippen LogP contribution is -2.33. The summed E-state index contributed by atoms with van der Waals surface area (Å²) in [6.45, 7) is -0.677. The maximum Gasteiger partial charge on any atom is 0.239 e. The van der Waals surface area contributed by atoms with Crippen molar-refractivity contribution in [3.05, 3.63) is 35.9 Å². The second-order valence-corrected chi connectivity index (χ2v) is 11.3. The van der Waals surface area contributed by atoms with Gasteiger partial charge in [-0.3, -0.25) is 0 Å². The minimum atomic E-state index is -4.52. The highest BCUT2D eigenvalue weighted by Gasteiger charge is 2.34. The first-order valence-electron chi connectivity index (χ1n) is 8.83. The summed E-state index contributed by atoms with van der Waals surface area (Å²) in [7, 11) is -8.67. The highest BCUT2D eigenvalue weighted by Crippen LogP contribution is 2.40. The van der Waals surface area contributed by atoms with Gasteiger partial charge in [-0.15, -0.1) is 0 Å². The minimum Gasteiger partial charge on any atom is -0.395 e. The van der Waals surface area contributed by atoms with Crippen molar-refractivity contribution in [2.45, 2.75) is 16.0 Å². The van der Waals surface area contributed by atoms with Crippen LogP contribution in [0, 0.1) is 0 Å². The van der Waals surface area contributed by atoms with E-state index >= 15 is 0 Å². The molecule has 31 heavy (non-hydrogen) atoms. The zero-order valence-electron chi connectivity index (χ0n) is 15.8. The van der Waals surface area contributed by atoms with E-state index in [0.29, 0.717) is 21.8 Å². The molecule has 2 heterocycles. The number of aliphatic hydroxyl groups is 1. The monoisotopic (exact) mass is 485 g/mol. The smallest absolute Gasteiger partial charge is 0.239 e. The number of nitrogens with one attached hydrogen (secondary N) is 4. The lowest BCUT2D eigenvalue weighted by molar-refractivity contribution is 0.319. The molecule has 15 heteroatoms. The first-order valence-corrected chi connectivity index (χ1v) is 12.8. The Morgan fingerprint density at radius 2 is 1.77 bits per heavy atom. The first-order chi connectivity index (χ1) is 14.6. The van der Waals surface area contributed by atoms with E-state index in [9.17, 15) is 16.8 Å². The summed E-state index contributed by atoms with van der Waals surface area (Å²) in [4.78, 5) is 3.27. The minimum absolute atomic E-state index is 0.0677. The number of rotatable bonds is 6. The molecule has 4 rings (SSSR count). The molecule has 3 aromatic rings. The fourth-order valence-corrected chi connectivity index (χ4v) is 6.95. The quantitative estimate of drug-likeness (QED) is 0.227. The number of aromatic nitrogens is 1. The van der Waals surface area contributed by atoms with E-state index in [4.69, 9.17) is 16.0 Å². The molecule has 1 saturated heterocycles. The number of para-hydroxylation sites is 1. The second kappa shape index (κ2) is 8.05. The number of anilines is 1. The van der Waals surface area contributed by atoms with Gasteiger partial charge in [0.1, 0.15) is 11.1 Å². The molecule has 12 nitrogen and oxygen atoms in total. The SMILES string of the molecule is Nc1nc2c(-c3ccc(S(=O)(=O)CCO)c(S(N)(=O)=O)c3C3NNNN3)cccc2s1. The third-order valence-electron chi connectivity index (χ3n) is 4.65. The van der Waals surface area contributed by atoms with Crippen molar-refractivity contribution in [1.29, 1.82) is 0 Å². The normalized spacial score (nSPS) is 15.7. The van der Waals surface area contributed by atoms with Crippen LogP contribution in [0.25, 0.3) is 21.3 Å². The Kier molecular flexibility index (Phi) is 5.71. The summed E-state index contributed by atoms with van der Waals surface area (Å²) in [5.74, 6) is -0.658. The molecule has 0 unspecified atom stereocenters. The fourth-order valence-electron chi connectivity index (χ4n) is 3.45. The standard InChI is InChI=1S/C16H19N7O5S3/c17-16-19-13-9(2-1-3-10(13)29-16)8-4-5-11(30(25,26)7-6-24)14(31(18,27)28)12(8)15-20-22-23-21-15/h1-5,15,20-24H,6-7H2,(H2,17,19)(H2,18,27,28). The van der Waals surface area contributed by atoms with E-state index in [1.54, 1.807) is 12.1 Å². The highest BCUT2D eigenvalue weighted by atomic mass is 32.2. The summed E-state index contributed by atoms with van der Waals surface area (Å²) in [6, 6.07) is 7.97. The Morgan fingerprint density at radius 3 is 2.42 bits per heavy atom. The fraction of sp³-hybridized carbons (Fsp3) is 0.188. The maximum atomic E-state index is 12.8. The average molecular weight is 486 g/mol. The third-order valence-corrected chi connectivity index (χ3v) is 8.37. The molecule has 2 aromatic carbocycles. The predicted octanol–water partition coefficient (Wildman–Crippen LogP) is -0.925. The molecule has 0 radical (unpaired) electrons. The molecular formula is C16H19N7O5S3. The van der Waals surface area contributed by atoms with Gasteiger partial charge >= 0.3 is 0 Å². The molecule has 166 valence electrons. The first kappa shape index (κ1) is 22.0. The maximum absolute atomic E-state index is 12.8. The molecule has 0 atom stereocenters. The number of nitrogens with two attached hydrogens (primary N) is 2. The van der Waals surface area contributed by atoms with Crippen LogP contribution in [-0.4, -0.2) is 39.3 Å². The molecule has 0 bridgehead atoms. The van der Waals surface area contributed by atoms with Crippen molar-refractivity contribution in [1.82, 2.24) is 26.9 Å².